The average molecular weight is 568 g/mol. The third-order valence-corrected chi connectivity index (χ3v) is 6.85. The van der Waals surface area contributed by atoms with E-state index in [0.29, 0.717) is 28.1 Å². The van der Waals surface area contributed by atoms with E-state index in [1.54, 1.807) is 78.9 Å². The Kier molecular flexibility index (Phi) is 9.63. The topological polar surface area (TPSA) is 128 Å². The van der Waals surface area contributed by atoms with Crippen LogP contribution >= 0.6 is 11.8 Å². The molecule has 0 unspecified atom stereocenters. The van der Waals surface area contributed by atoms with E-state index in [2.05, 4.69) is 10.6 Å². The molecule has 10 heteroatoms. The van der Waals surface area contributed by atoms with Gasteiger partial charge in [0.1, 0.15) is 11.4 Å². The Bertz CT molecular complexity index is 1590. The summed E-state index contributed by atoms with van der Waals surface area (Å²) in [7, 11) is 1.52. The van der Waals surface area contributed by atoms with E-state index in [0.717, 1.165) is 4.90 Å². The lowest BCUT2D eigenvalue weighted by molar-refractivity contribution is -0.384. The van der Waals surface area contributed by atoms with E-state index in [4.69, 9.17) is 4.74 Å². The van der Waals surface area contributed by atoms with Crippen molar-refractivity contribution < 1.29 is 24.0 Å². The molecule has 4 rings (SSSR count). The SMILES string of the molecule is COc1ccccc1C(=O)CSc1ccc(NC(=O)/C(=C/c2ccc([N+](=O)[O-])cc2)NC(=O)c2ccccc2)cc1. The number of nitrogens with zero attached hydrogens (tertiary/aromatic N) is 1. The van der Waals surface area contributed by atoms with E-state index in [1.165, 1.54) is 49.2 Å². The monoisotopic (exact) mass is 567 g/mol. The number of methoxy groups -OCH3 is 1. The van der Waals surface area contributed by atoms with Crippen LogP contribution in [0.3, 0.4) is 0 Å². The number of amides is 2. The summed E-state index contributed by atoms with van der Waals surface area (Å²) < 4.78 is 5.26. The van der Waals surface area contributed by atoms with E-state index < -0.39 is 16.7 Å². The fraction of sp³-hybridized carbons (Fsp3) is 0.0645. The van der Waals surface area contributed by atoms with Gasteiger partial charge in [-0.3, -0.25) is 24.5 Å². The first-order valence-electron chi connectivity index (χ1n) is 12.4. The molecule has 0 aliphatic heterocycles. The fourth-order valence-corrected chi connectivity index (χ4v) is 4.52. The maximum Gasteiger partial charge on any atom is 0.272 e. The number of nitro groups is 1. The number of benzene rings is 4. The summed E-state index contributed by atoms with van der Waals surface area (Å²) in [5.74, 6) is -0.410. The van der Waals surface area contributed by atoms with Gasteiger partial charge in [-0.1, -0.05) is 30.3 Å². The third-order valence-electron chi connectivity index (χ3n) is 5.83. The molecule has 2 N–H and O–H groups in total. The first-order valence-corrected chi connectivity index (χ1v) is 13.4. The maximum absolute atomic E-state index is 13.2. The van der Waals surface area contributed by atoms with Crippen molar-refractivity contribution in [2.24, 2.45) is 0 Å². The molecule has 4 aromatic rings. The number of nitrogens with one attached hydrogen (secondary N) is 2. The van der Waals surface area contributed by atoms with Gasteiger partial charge in [-0.15, -0.1) is 11.8 Å². The molecule has 4 aromatic carbocycles. The van der Waals surface area contributed by atoms with Gasteiger partial charge in [0.05, 0.1) is 23.3 Å². The Morgan fingerprint density at radius 3 is 2.20 bits per heavy atom. The van der Waals surface area contributed by atoms with E-state index in [-0.39, 0.29) is 22.9 Å². The third kappa shape index (κ3) is 7.90. The minimum Gasteiger partial charge on any atom is -0.496 e. The number of carbonyl (C=O) groups is 3. The predicted octanol–water partition coefficient (Wildman–Crippen LogP) is 5.99. The van der Waals surface area contributed by atoms with Crippen LogP contribution in [-0.2, 0) is 4.79 Å². The Morgan fingerprint density at radius 2 is 1.54 bits per heavy atom. The standard InChI is InChI=1S/C31H25N3O6S/c1-40-29-10-6-5-9-26(29)28(35)20-41-25-17-13-23(14-18-25)32-31(37)27(33-30(36)22-7-3-2-4-8-22)19-21-11-15-24(16-12-21)34(38)39/h2-19H,20H2,1H3,(H,32,37)(H,33,36)/b27-19-. The largest absolute Gasteiger partial charge is 0.496 e. The zero-order valence-corrected chi connectivity index (χ0v) is 22.7. The molecule has 0 bridgehead atoms. The second-order valence-corrected chi connectivity index (χ2v) is 9.67. The van der Waals surface area contributed by atoms with Gasteiger partial charge in [-0.05, 0) is 72.3 Å². The van der Waals surface area contributed by atoms with Crippen LogP contribution in [0.4, 0.5) is 11.4 Å². The lowest BCUT2D eigenvalue weighted by Crippen LogP contribution is -2.30. The van der Waals surface area contributed by atoms with Crippen LogP contribution in [0.15, 0.2) is 114 Å². The number of ether oxygens (including phenoxy) is 1. The van der Waals surface area contributed by atoms with Gasteiger partial charge >= 0.3 is 0 Å². The number of anilines is 1. The molecule has 0 aromatic heterocycles. The predicted molar refractivity (Wildman–Crippen MR) is 158 cm³/mol. The number of Topliss-reactive ketones (excluding diaryl/α,β-unsaturated/α-hetero) is 1. The molecule has 0 radical (unpaired) electrons. The Hall–Kier alpha value is -5.22. The maximum atomic E-state index is 13.2. The number of non-ortho nitro benzene ring substituents is 1. The molecule has 0 spiro atoms. The van der Waals surface area contributed by atoms with Crippen LogP contribution in [-0.4, -0.2) is 35.4 Å². The zero-order chi connectivity index (χ0) is 29.2. The number of ketones is 1. The second-order valence-electron chi connectivity index (χ2n) is 8.62. The van der Waals surface area contributed by atoms with Crippen LogP contribution in [0.2, 0.25) is 0 Å². The number of nitro benzene ring substituents is 1. The molecular formula is C31H25N3O6S. The normalized spacial score (nSPS) is 10.9. The number of para-hydroxylation sites is 1. The molecule has 0 saturated carbocycles. The first-order chi connectivity index (χ1) is 19.8. The lowest BCUT2D eigenvalue weighted by atomic mass is 10.1. The highest BCUT2D eigenvalue weighted by atomic mass is 32.2. The Morgan fingerprint density at radius 1 is 0.878 bits per heavy atom. The smallest absolute Gasteiger partial charge is 0.272 e. The van der Waals surface area contributed by atoms with Crippen LogP contribution < -0.4 is 15.4 Å². The van der Waals surface area contributed by atoms with Crippen molar-refractivity contribution in [1.29, 1.82) is 0 Å². The highest BCUT2D eigenvalue weighted by Gasteiger charge is 2.16. The molecular weight excluding hydrogens is 542 g/mol. The van der Waals surface area contributed by atoms with Crippen LogP contribution in [0.1, 0.15) is 26.3 Å². The van der Waals surface area contributed by atoms with Crippen molar-refractivity contribution >= 4 is 46.8 Å². The van der Waals surface area contributed by atoms with E-state index >= 15 is 0 Å². The van der Waals surface area contributed by atoms with Gasteiger partial charge in [-0.2, -0.15) is 0 Å². The van der Waals surface area contributed by atoms with E-state index in [1.807, 2.05) is 0 Å². The first kappa shape index (κ1) is 28.8. The van der Waals surface area contributed by atoms with Crippen molar-refractivity contribution in [3.05, 3.63) is 136 Å². The second kappa shape index (κ2) is 13.7. The minimum atomic E-state index is -0.584. The number of thioether (sulfide) groups is 1. The molecule has 0 heterocycles. The van der Waals surface area contributed by atoms with Crippen LogP contribution in [0.5, 0.6) is 5.75 Å². The zero-order valence-electron chi connectivity index (χ0n) is 21.9. The number of hydrogen-bond acceptors (Lipinski definition) is 7. The number of carbonyl (C=O) groups excluding carboxylic acids is 3. The Labute approximate surface area is 240 Å². The molecule has 206 valence electrons. The van der Waals surface area contributed by atoms with Gasteiger partial charge < -0.3 is 15.4 Å². The van der Waals surface area contributed by atoms with Crippen molar-refractivity contribution in [1.82, 2.24) is 5.32 Å². The molecule has 2 amide bonds. The van der Waals surface area contributed by atoms with Crippen LogP contribution in [0, 0.1) is 10.1 Å². The summed E-state index contributed by atoms with van der Waals surface area (Å²) in [6, 6.07) is 28.0. The number of hydrogen-bond donors (Lipinski definition) is 2. The van der Waals surface area contributed by atoms with Crippen molar-refractivity contribution in [3.63, 3.8) is 0 Å². The molecule has 0 saturated heterocycles. The minimum absolute atomic E-state index is 0.0476. The molecule has 0 aliphatic carbocycles. The average Bonchev–Trinajstić information content (AvgIpc) is 3.00. The molecule has 0 aliphatic rings. The van der Waals surface area contributed by atoms with Crippen molar-refractivity contribution in [3.8, 4) is 5.75 Å². The summed E-state index contributed by atoms with van der Waals surface area (Å²) in [6.45, 7) is 0. The summed E-state index contributed by atoms with van der Waals surface area (Å²) >= 11 is 1.35. The molecule has 41 heavy (non-hydrogen) atoms. The summed E-state index contributed by atoms with van der Waals surface area (Å²) in [6.07, 6.45) is 1.44. The highest BCUT2D eigenvalue weighted by Crippen LogP contribution is 2.25. The van der Waals surface area contributed by atoms with Gasteiger partial charge in [-0.25, -0.2) is 0 Å². The molecule has 0 atom stereocenters. The quantitative estimate of drug-likeness (QED) is 0.0749. The van der Waals surface area contributed by atoms with Gasteiger partial charge in [0, 0.05) is 28.3 Å². The lowest BCUT2D eigenvalue weighted by Gasteiger charge is -2.12. The Balaban J connectivity index is 1.46. The molecule has 9 nitrogen and oxygen atoms in total. The van der Waals surface area contributed by atoms with Crippen LogP contribution in [0.25, 0.3) is 6.08 Å². The van der Waals surface area contributed by atoms with Crippen molar-refractivity contribution in [2.75, 3.05) is 18.2 Å². The van der Waals surface area contributed by atoms with Gasteiger partial charge in [0.25, 0.3) is 17.5 Å². The highest BCUT2D eigenvalue weighted by molar-refractivity contribution is 8.00. The number of rotatable bonds is 11. The van der Waals surface area contributed by atoms with Crippen molar-refractivity contribution in [2.45, 2.75) is 4.90 Å². The fourth-order valence-electron chi connectivity index (χ4n) is 3.74. The van der Waals surface area contributed by atoms with E-state index in [9.17, 15) is 24.5 Å². The van der Waals surface area contributed by atoms with Gasteiger partial charge in [0.2, 0.25) is 0 Å². The summed E-state index contributed by atoms with van der Waals surface area (Å²) in [5.41, 5.74) is 1.69. The summed E-state index contributed by atoms with van der Waals surface area (Å²) in [5, 5.41) is 16.4. The van der Waals surface area contributed by atoms with Gasteiger partial charge in [0.15, 0.2) is 5.78 Å². The summed E-state index contributed by atoms with van der Waals surface area (Å²) in [4.78, 5) is 49.9. The molecule has 0 fully saturated rings.